The summed E-state index contributed by atoms with van der Waals surface area (Å²) in [5.41, 5.74) is 18.1. The molecule has 0 aliphatic carbocycles. The Morgan fingerprint density at radius 3 is 2.60 bits per heavy atom. The molecule has 0 spiro atoms. The lowest BCUT2D eigenvalue weighted by Crippen LogP contribution is -2.26. The molecule has 4 aromatic rings. The highest BCUT2D eigenvalue weighted by molar-refractivity contribution is 6.00. The van der Waals surface area contributed by atoms with Crippen LogP contribution in [0.1, 0.15) is 49.8 Å². The van der Waals surface area contributed by atoms with Crippen molar-refractivity contribution in [3.63, 3.8) is 0 Å². The molecule has 8 N–H and O–H groups in total. The Morgan fingerprint density at radius 1 is 1.20 bits per heavy atom. The van der Waals surface area contributed by atoms with E-state index in [0.29, 0.717) is 36.4 Å². The van der Waals surface area contributed by atoms with Gasteiger partial charge in [-0.1, -0.05) is 26.0 Å². The number of nitrogens with two attached hydrogens (primary N) is 3. The Balaban J connectivity index is 0.00000148. The van der Waals surface area contributed by atoms with Gasteiger partial charge in [0.25, 0.3) is 0 Å². The van der Waals surface area contributed by atoms with Crippen LogP contribution < -0.4 is 32.8 Å². The number of fused-ring (bicyclic) bond motifs is 1. The summed E-state index contributed by atoms with van der Waals surface area (Å²) in [6.45, 7) is 10.4. The van der Waals surface area contributed by atoms with Crippen molar-refractivity contribution >= 4 is 45.8 Å². The number of hydrazone groups is 1. The molecule has 0 radical (unpaired) electrons. The number of imidazole rings is 1. The molecule has 4 heterocycles. The van der Waals surface area contributed by atoms with E-state index in [1.54, 1.807) is 20.2 Å². The number of terminal acetylenes is 1. The van der Waals surface area contributed by atoms with E-state index < -0.39 is 0 Å². The summed E-state index contributed by atoms with van der Waals surface area (Å²) < 4.78 is 1.97. The lowest BCUT2D eigenvalue weighted by atomic mass is 10.0. The molecule has 238 valence electrons. The normalized spacial score (nSPS) is 14.6. The van der Waals surface area contributed by atoms with Gasteiger partial charge in [0.2, 0.25) is 0 Å². The van der Waals surface area contributed by atoms with Crippen LogP contribution in [0.25, 0.3) is 11.2 Å². The smallest absolute Gasteiger partial charge is 0.164 e. The minimum Gasteiger partial charge on any atom is -0.382 e. The van der Waals surface area contributed by atoms with Crippen LogP contribution in [0.3, 0.4) is 0 Å². The van der Waals surface area contributed by atoms with Gasteiger partial charge in [0, 0.05) is 50.9 Å². The van der Waals surface area contributed by atoms with Gasteiger partial charge in [-0.15, -0.1) is 17.4 Å². The molecular weight excluding hydrogens is 566 g/mol. The van der Waals surface area contributed by atoms with E-state index in [9.17, 15) is 0 Å². The van der Waals surface area contributed by atoms with Crippen molar-refractivity contribution in [2.45, 2.75) is 47.0 Å². The molecule has 13 nitrogen and oxygen atoms in total. The highest BCUT2D eigenvalue weighted by Gasteiger charge is 2.23. The average molecular weight is 612 g/mol. The molecule has 1 aliphatic rings. The number of hydrogen-bond donors (Lipinski definition) is 5. The first kappa shape index (κ1) is 33.0. The Hall–Kier alpha value is -4.93. The largest absolute Gasteiger partial charge is 0.382 e. The van der Waals surface area contributed by atoms with Crippen LogP contribution in [0.15, 0.2) is 35.6 Å². The number of rotatable bonds is 10. The highest BCUT2D eigenvalue weighted by atomic mass is 15.6. The first-order valence-corrected chi connectivity index (χ1v) is 15.1. The molecule has 3 aromatic heterocycles. The fraction of sp³-hybridized carbons (Fsp3) is 0.406. The molecule has 1 saturated heterocycles. The monoisotopic (exact) mass is 611 g/mol. The molecule has 1 aromatic carbocycles. The van der Waals surface area contributed by atoms with E-state index in [0.717, 1.165) is 76.9 Å². The number of hydrogen-bond acceptors (Lipinski definition) is 11. The second-order valence-electron chi connectivity index (χ2n) is 11.1. The Labute approximate surface area is 265 Å². The molecule has 13 heteroatoms. The standard InChI is InChI=1S/C29H41N13.C3H4/c1-6-19-20(27(31)39-41(5)32)8-7-9-21(19)35-23-14-24(38-29-26(23)34-18(3)40(29)4)37-25-15-33-28(22(36-25)10-12-30)42-13-11-17(2)16-42;1-3-2/h7-9,14-15,17H,6,10-13,16,30,32H2,1-5H3,(H2,31,39)(H2,35,36,37,38);1H,2H3. The molecule has 1 unspecified atom stereocenters. The third-order valence-corrected chi connectivity index (χ3v) is 7.57. The predicted molar refractivity (Wildman–Crippen MR) is 184 cm³/mol. The van der Waals surface area contributed by atoms with Crippen LogP contribution in [0, 0.1) is 25.2 Å². The summed E-state index contributed by atoms with van der Waals surface area (Å²) in [6.07, 6.45) is 8.89. The van der Waals surface area contributed by atoms with E-state index >= 15 is 0 Å². The van der Waals surface area contributed by atoms with Crippen molar-refractivity contribution in [3.05, 3.63) is 53.1 Å². The average Bonchev–Trinajstić information content (AvgIpc) is 3.55. The summed E-state index contributed by atoms with van der Waals surface area (Å²) in [6, 6.07) is 7.83. The van der Waals surface area contributed by atoms with Crippen molar-refractivity contribution < 1.29 is 0 Å². The van der Waals surface area contributed by atoms with Gasteiger partial charge in [0.05, 0.1) is 17.6 Å². The molecule has 0 saturated carbocycles. The van der Waals surface area contributed by atoms with Gasteiger partial charge < -0.3 is 31.6 Å². The Kier molecular flexibility index (Phi) is 10.8. The lowest BCUT2D eigenvalue weighted by molar-refractivity contribution is 0.371. The van der Waals surface area contributed by atoms with Gasteiger partial charge >= 0.3 is 0 Å². The van der Waals surface area contributed by atoms with Crippen LogP contribution in [-0.2, 0) is 19.9 Å². The third kappa shape index (κ3) is 7.60. The summed E-state index contributed by atoms with van der Waals surface area (Å²) in [7, 11) is 3.59. The first-order valence-electron chi connectivity index (χ1n) is 15.1. The van der Waals surface area contributed by atoms with Gasteiger partial charge in [-0.2, -0.15) is 0 Å². The molecule has 5 rings (SSSR count). The fourth-order valence-electron chi connectivity index (χ4n) is 5.42. The van der Waals surface area contributed by atoms with E-state index in [2.05, 4.69) is 46.8 Å². The summed E-state index contributed by atoms with van der Waals surface area (Å²) in [5, 5.41) is 12.4. The molecule has 0 bridgehead atoms. The van der Waals surface area contributed by atoms with E-state index in [1.807, 2.05) is 42.8 Å². The number of nitrogens with one attached hydrogen (secondary N) is 2. The summed E-state index contributed by atoms with van der Waals surface area (Å²) >= 11 is 0. The topological polar surface area (TPSA) is 177 Å². The second kappa shape index (κ2) is 14.7. The molecule has 1 atom stereocenters. The zero-order chi connectivity index (χ0) is 32.7. The molecular formula is C32H45N13. The summed E-state index contributed by atoms with van der Waals surface area (Å²) in [4.78, 5) is 21.7. The zero-order valence-corrected chi connectivity index (χ0v) is 27.1. The van der Waals surface area contributed by atoms with Crippen LogP contribution in [0.2, 0.25) is 0 Å². The van der Waals surface area contributed by atoms with Gasteiger partial charge in [-0.25, -0.2) is 30.9 Å². The van der Waals surface area contributed by atoms with Crippen LogP contribution in [0.4, 0.5) is 28.8 Å². The zero-order valence-electron chi connectivity index (χ0n) is 27.1. The van der Waals surface area contributed by atoms with Crippen LogP contribution >= 0.6 is 0 Å². The van der Waals surface area contributed by atoms with Crippen molar-refractivity contribution in [3.8, 4) is 12.3 Å². The number of anilines is 5. The van der Waals surface area contributed by atoms with Gasteiger partial charge in [0.1, 0.15) is 17.2 Å². The van der Waals surface area contributed by atoms with Crippen molar-refractivity contribution in [1.82, 2.24) is 29.6 Å². The summed E-state index contributed by atoms with van der Waals surface area (Å²) in [5.74, 6) is 11.9. The number of benzene rings is 1. The Bertz CT molecular complexity index is 1700. The van der Waals surface area contributed by atoms with Crippen LogP contribution in [0.5, 0.6) is 0 Å². The van der Waals surface area contributed by atoms with Crippen molar-refractivity contribution in [2.24, 2.45) is 35.4 Å². The SMILES string of the molecule is C#CC.CCc1c(Nc2cc(Nc3cnc(N4CCC(C)C4)c(CCN)n3)nc3c2nc(C)n3C)cccc1/C(N)=N/N(C)N. The molecule has 0 amide bonds. The predicted octanol–water partition coefficient (Wildman–Crippen LogP) is 3.53. The second-order valence-corrected chi connectivity index (χ2v) is 11.1. The van der Waals surface area contributed by atoms with Crippen molar-refractivity contribution in [2.75, 3.05) is 42.2 Å². The maximum Gasteiger partial charge on any atom is 0.164 e. The van der Waals surface area contributed by atoms with Crippen LogP contribution in [-0.4, -0.2) is 62.1 Å². The number of nitrogens with zero attached hydrogens (tertiary/aromatic N) is 8. The fourth-order valence-corrected chi connectivity index (χ4v) is 5.42. The molecule has 45 heavy (non-hydrogen) atoms. The van der Waals surface area contributed by atoms with E-state index in [-0.39, 0.29) is 0 Å². The van der Waals surface area contributed by atoms with E-state index in [1.165, 1.54) is 5.12 Å². The maximum atomic E-state index is 6.29. The van der Waals surface area contributed by atoms with E-state index in [4.69, 9.17) is 37.2 Å². The first-order chi connectivity index (χ1) is 21.6. The molecule has 1 fully saturated rings. The third-order valence-electron chi connectivity index (χ3n) is 7.57. The number of hydrazine groups is 1. The number of aryl methyl sites for hydroxylation is 2. The highest BCUT2D eigenvalue weighted by Crippen LogP contribution is 2.32. The van der Waals surface area contributed by atoms with Gasteiger partial charge in [-0.3, -0.25) is 0 Å². The maximum absolute atomic E-state index is 6.29. The van der Waals surface area contributed by atoms with Gasteiger partial charge in [-0.05, 0) is 50.8 Å². The van der Waals surface area contributed by atoms with Gasteiger partial charge in [0.15, 0.2) is 23.1 Å². The number of aromatic nitrogens is 5. The minimum atomic E-state index is 0.343. The number of pyridine rings is 1. The Morgan fingerprint density at radius 2 is 1.96 bits per heavy atom. The molecule has 1 aliphatic heterocycles. The van der Waals surface area contributed by atoms with Crippen molar-refractivity contribution in [1.29, 1.82) is 0 Å². The lowest BCUT2D eigenvalue weighted by Gasteiger charge is -2.20. The quantitative estimate of drug-likeness (QED) is 0.0583. The number of amidine groups is 1. The minimum absolute atomic E-state index is 0.343.